The number of aromatic carboxylic acids is 1. The number of fused-ring (bicyclic) bond motifs is 1. The van der Waals surface area contributed by atoms with Gasteiger partial charge in [-0.25, -0.2) is 17.5 Å². The summed E-state index contributed by atoms with van der Waals surface area (Å²) in [6.45, 7) is 0.170. The van der Waals surface area contributed by atoms with Crippen LogP contribution >= 0.6 is 0 Å². The minimum Gasteiger partial charge on any atom is -0.478 e. The van der Waals surface area contributed by atoms with E-state index in [1.54, 1.807) is 0 Å². The smallest absolute Gasteiger partial charge is 0.335 e. The summed E-state index contributed by atoms with van der Waals surface area (Å²) in [5.41, 5.74) is -0.0698. The normalized spacial score (nSPS) is 20.2. The van der Waals surface area contributed by atoms with Crippen LogP contribution in [-0.4, -0.2) is 36.3 Å². The number of carboxylic acids is 1. The lowest BCUT2D eigenvalue weighted by Gasteiger charge is -2.27. The van der Waals surface area contributed by atoms with Crippen molar-refractivity contribution in [1.82, 2.24) is 4.31 Å². The first-order valence-corrected chi connectivity index (χ1v) is 8.29. The third-order valence-electron chi connectivity index (χ3n) is 4.22. The molecule has 0 radical (unpaired) electrons. The van der Waals surface area contributed by atoms with Crippen molar-refractivity contribution in [2.45, 2.75) is 30.6 Å². The Balaban J connectivity index is 1.92. The quantitative estimate of drug-likeness (QED) is 0.914. The molecular formula is C14H15NO5S. The average Bonchev–Trinajstić information content (AvgIpc) is 2.57. The lowest BCUT2D eigenvalue weighted by atomic mass is 9.83. The third-order valence-corrected chi connectivity index (χ3v) is 6.04. The van der Waals surface area contributed by atoms with Crippen molar-refractivity contribution >= 4 is 21.9 Å². The highest BCUT2D eigenvalue weighted by atomic mass is 32.2. The van der Waals surface area contributed by atoms with Crippen molar-refractivity contribution in [3.05, 3.63) is 29.3 Å². The molecular weight excluding hydrogens is 294 g/mol. The largest absolute Gasteiger partial charge is 0.478 e. The van der Waals surface area contributed by atoms with Gasteiger partial charge in [-0.2, -0.15) is 0 Å². The zero-order chi connectivity index (χ0) is 15.2. The molecule has 0 unspecified atom stereocenters. The number of nitrogens with zero attached hydrogens (tertiary/aromatic N) is 1. The molecule has 1 aromatic rings. The molecule has 1 aromatic carbocycles. The number of sulfonamides is 1. The molecule has 21 heavy (non-hydrogen) atoms. The third kappa shape index (κ3) is 2.21. The second-order valence-corrected chi connectivity index (χ2v) is 7.31. The maximum atomic E-state index is 12.4. The number of amides is 1. The lowest BCUT2D eigenvalue weighted by molar-refractivity contribution is 0.0695. The van der Waals surface area contributed by atoms with Gasteiger partial charge in [0, 0.05) is 6.54 Å². The van der Waals surface area contributed by atoms with E-state index < -0.39 is 21.9 Å². The van der Waals surface area contributed by atoms with Crippen LogP contribution in [-0.2, 0) is 10.0 Å². The zero-order valence-corrected chi connectivity index (χ0v) is 12.1. The maximum absolute atomic E-state index is 12.4. The molecule has 2 aliphatic rings. The number of carbonyl (C=O) groups excluding carboxylic acids is 1. The summed E-state index contributed by atoms with van der Waals surface area (Å²) in [5, 5.41) is 8.94. The van der Waals surface area contributed by atoms with Crippen molar-refractivity contribution in [1.29, 1.82) is 0 Å². The predicted molar refractivity (Wildman–Crippen MR) is 73.6 cm³/mol. The molecule has 6 nitrogen and oxygen atoms in total. The Hall–Kier alpha value is -1.89. The molecule has 1 amide bonds. The first kappa shape index (κ1) is 14.1. The van der Waals surface area contributed by atoms with Crippen molar-refractivity contribution in [2.24, 2.45) is 5.92 Å². The van der Waals surface area contributed by atoms with Crippen LogP contribution in [0.4, 0.5) is 0 Å². The Morgan fingerprint density at radius 3 is 2.62 bits per heavy atom. The van der Waals surface area contributed by atoms with E-state index in [2.05, 4.69) is 0 Å². The highest BCUT2D eigenvalue weighted by Gasteiger charge is 2.41. The van der Waals surface area contributed by atoms with E-state index in [1.165, 1.54) is 12.1 Å². The van der Waals surface area contributed by atoms with Crippen LogP contribution in [0.3, 0.4) is 0 Å². The number of benzene rings is 1. The van der Waals surface area contributed by atoms with Gasteiger partial charge in [-0.3, -0.25) is 4.79 Å². The molecule has 1 heterocycles. The van der Waals surface area contributed by atoms with Gasteiger partial charge < -0.3 is 5.11 Å². The second kappa shape index (κ2) is 4.84. The molecule has 0 bridgehead atoms. The van der Waals surface area contributed by atoms with E-state index >= 15 is 0 Å². The predicted octanol–water partition coefficient (Wildman–Crippen LogP) is 1.72. The minimum absolute atomic E-state index is 0.0635. The zero-order valence-electron chi connectivity index (χ0n) is 11.3. The van der Waals surface area contributed by atoms with Gasteiger partial charge in [0.15, 0.2) is 0 Å². The molecule has 1 fully saturated rings. The van der Waals surface area contributed by atoms with E-state index in [1.807, 2.05) is 0 Å². The fourth-order valence-electron chi connectivity index (χ4n) is 2.71. The Morgan fingerprint density at radius 2 is 2.05 bits per heavy atom. The van der Waals surface area contributed by atoms with Gasteiger partial charge in [-0.05, 0) is 30.5 Å². The SMILES string of the molecule is O=C(O)c1ccc2c(c1)S(=O)(=O)N(CCC1CCC1)C2=O. The lowest BCUT2D eigenvalue weighted by Crippen LogP contribution is -2.32. The van der Waals surface area contributed by atoms with Crippen LogP contribution in [0.25, 0.3) is 0 Å². The summed E-state index contributed by atoms with van der Waals surface area (Å²) < 4.78 is 25.7. The molecule has 0 atom stereocenters. The fourth-order valence-corrected chi connectivity index (χ4v) is 4.32. The summed E-state index contributed by atoms with van der Waals surface area (Å²) >= 11 is 0. The Morgan fingerprint density at radius 1 is 1.33 bits per heavy atom. The minimum atomic E-state index is -3.91. The molecule has 7 heteroatoms. The summed E-state index contributed by atoms with van der Waals surface area (Å²) in [4.78, 5) is 23.0. The van der Waals surface area contributed by atoms with Gasteiger partial charge in [0.25, 0.3) is 15.9 Å². The summed E-state index contributed by atoms with van der Waals surface area (Å²) in [7, 11) is -3.91. The monoisotopic (exact) mass is 309 g/mol. The molecule has 0 aromatic heterocycles. The molecule has 1 aliphatic heterocycles. The Bertz CT molecular complexity index is 721. The number of hydrogen-bond donors (Lipinski definition) is 1. The topological polar surface area (TPSA) is 91.8 Å². The van der Waals surface area contributed by atoms with Crippen LogP contribution < -0.4 is 0 Å². The van der Waals surface area contributed by atoms with E-state index in [9.17, 15) is 18.0 Å². The molecule has 1 N–H and O–H groups in total. The van der Waals surface area contributed by atoms with Gasteiger partial charge in [0.05, 0.1) is 11.1 Å². The molecule has 112 valence electrons. The van der Waals surface area contributed by atoms with E-state index in [-0.39, 0.29) is 22.6 Å². The standard InChI is InChI=1S/C14H15NO5S/c16-13-11-5-4-10(14(17)18)8-12(11)21(19,20)15(13)7-6-9-2-1-3-9/h4-5,8-9H,1-3,6-7H2,(H,17,18). The number of carboxylic acid groups (broad SMARTS) is 1. The summed E-state index contributed by atoms with van der Waals surface area (Å²) in [6.07, 6.45) is 3.99. The van der Waals surface area contributed by atoms with Crippen molar-refractivity contribution in [3.8, 4) is 0 Å². The first-order chi connectivity index (χ1) is 9.91. The number of hydrogen-bond acceptors (Lipinski definition) is 4. The molecule has 1 saturated carbocycles. The summed E-state index contributed by atoms with van der Waals surface area (Å²) in [5.74, 6) is -1.28. The first-order valence-electron chi connectivity index (χ1n) is 6.85. The van der Waals surface area contributed by atoms with Gasteiger partial charge >= 0.3 is 5.97 Å². The van der Waals surface area contributed by atoms with Crippen molar-refractivity contribution in [2.75, 3.05) is 6.54 Å². The molecule has 3 rings (SSSR count). The van der Waals surface area contributed by atoms with Crippen LogP contribution in [0.2, 0.25) is 0 Å². The highest BCUT2D eigenvalue weighted by molar-refractivity contribution is 7.90. The van der Waals surface area contributed by atoms with Gasteiger partial charge in [-0.15, -0.1) is 0 Å². The van der Waals surface area contributed by atoms with E-state index in [0.29, 0.717) is 12.3 Å². The van der Waals surface area contributed by atoms with E-state index in [4.69, 9.17) is 5.11 Å². The molecule has 0 saturated heterocycles. The second-order valence-electron chi connectivity index (χ2n) is 5.48. The van der Waals surface area contributed by atoms with E-state index in [0.717, 1.165) is 29.6 Å². The molecule has 0 spiro atoms. The van der Waals surface area contributed by atoms with Crippen molar-refractivity contribution in [3.63, 3.8) is 0 Å². The van der Waals surface area contributed by atoms with Crippen LogP contribution in [0.1, 0.15) is 46.4 Å². The molecule has 1 aliphatic carbocycles. The van der Waals surface area contributed by atoms with Gasteiger partial charge in [0.1, 0.15) is 4.90 Å². The van der Waals surface area contributed by atoms with Gasteiger partial charge in [-0.1, -0.05) is 19.3 Å². The number of carbonyl (C=O) groups is 2. The number of rotatable bonds is 4. The van der Waals surface area contributed by atoms with Crippen LogP contribution in [0.15, 0.2) is 23.1 Å². The van der Waals surface area contributed by atoms with Gasteiger partial charge in [0.2, 0.25) is 0 Å². The highest BCUT2D eigenvalue weighted by Crippen LogP contribution is 2.34. The van der Waals surface area contributed by atoms with Crippen LogP contribution in [0.5, 0.6) is 0 Å². The maximum Gasteiger partial charge on any atom is 0.335 e. The van der Waals surface area contributed by atoms with Crippen LogP contribution in [0, 0.1) is 5.92 Å². The fraction of sp³-hybridized carbons (Fsp3) is 0.429. The average molecular weight is 309 g/mol. The van der Waals surface area contributed by atoms with Crippen molar-refractivity contribution < 1.29 is 23.1 Å². The Labute approximate surface area is 122 Å². The Kier molecular flexibility index (Phi) is 3.24. The summed E-state index contributed by atoms with van der Waals surface area (Å²) in [6, 6.07) is 3.60.